The molecule has 0 aromatic rings. The molecule has 0 amide bonds. The molecule has 0 radical (unpaired) electrons. The van der Waals surface area contributed by atoms with Crippen molar-refractivity contribution >= 4 is 0 Å². The van der Waals surface area contributed by atoms with E-state index in [4.69, 9.17) is 0 Å². The molecule has 0 aromatic heterocycles. The summed E-state index contributed by atoms with van der Waals surface area (Å²) < 4.78 is 0. The van der Waals surface area contributed by atoms with Crippen LogP contribution in [-0.4, -0.2) is 25.7 Å². The van der Waals surface area contributed by atoms with Gasteiger partial charge < -0.3 is 10.2 Å². The molecule has 0 fully saturated rings. The summed E-state index contributed by atoms with van der Waals surface area (Å²) in [5.74, 6) is 0. The van der Waals surface area contributed by atoms with Gasteiger partial charge in [-0.3, -0.25) is 0 Å². The highest BCUT2D eigenvalue weighted by Crippen LogP contribution is 1.89. The van der Waals surface area contributed by atoms with Gasteiger partial charge >= 0.3 is 0 Å². The Balaban J connectivity index is 3.26. The molecule has 10 heavy (non-hydrogen) atoms. The second-order valence-electron chi connectivity index (χ2n) is 2.44. The lowest BCUT2D eigenvalue weighted by atomic mass is 10.3. The van der Waals surface area contributed by atoms with Crippen molar-refractivity contribution in [2.45, 2.75) is 19.8 Å². The van der Waals surface area contributed by atoms with Crippen molar-refractivity contribution < 1.29 is 0 Å². The summed E-state index contributed by atoms with van der Waals surface area (Å²) >= 11 is 0. The zero-order valence-electron chi connectivity index (χ0n) is 7.22. The molecule has 0 spiro atoms. The maximum absolute atomic E-state index is 3.07. The number of nitrogens with zero attached hydrogens (tertiary/aromatic N) is 1. The molecule has 0 rings (SSSR count). The zero-order valence-corrected chi connectivity index (χ0v) is 7.22. The van der Waals surface area contributed by atoms with Crippen molar-refractivity contribution in [2.75, 3.05) is 20.8 Å². The van der Waals surface area contributed by atoms with E-state index in [-0.39, 0.29) is 0 Å². The summed E-state index contributed by atoms with van der Waals surface area (Å²) in [6.45, 7) is 3.10. The fraction of sp³-hybridized carbons (Fsp3) is 0.750. The minimum absolute atomic E-state index is 0.917. The van der Waals surface area contributed by atoms with Gasteiger partial charge in [-0.25, -0.2) is 0 Å². The predicted octanol–water partition coefficient (Wildman–Crippen LogP) is 1.41. The Morgan fingerprint density at radius 2 is 2.20 bits per heavy atom. The van der Waals surface area contributed by atoms with Crippen LogP contribution in [0.5, 0.6) is 0 Å². The van der Waals surface area contributed by atoms with Gasteiger partial charge in [0.15, 0.2) is 0 Å². The van der Waals surface area contributed by atoms with Crippen molar-refractivity contribution in [2.24, 2.45) is 0 Å². The van der Waals surface area contributed by atoms with Crippen molar-refractivity contribution in [3.63, 3.8) is 0 Å². The molecule has 2 nitrogen and oxygen atoms in total. The van der Waals surface area contributed by atoms with Crippen LogP contribution >= 0.6 is 0 Å². The highest BCUT2D eigenvalue weighted by Gasteiger charge is 1.83. The lowest BCUT2D eigenvalue weighted by molar-refractivity contribution is 0.426. The number of nitrogens with one attached hydrogen (secondary N) is 1. The van der Waals surface area contributed by atoms with Gasteiger partial charge in [-0.1, -0.05) is 19.4 Å². The summed E-state index contributed by atoms with van der Waals surface area (Å²) in [6.07, 6.45) is 6.70. The molecule has 1 N–H and O–H groups in total. The van der Waals surface area contributed by atoms with E-state index in [0.717, 1.165) is 6.67 Å². The molecule has 0 atom stereocenters. The smallest absolute Gasteiger partial charge is 0.0670 e. The fourth-order valence-electron chi connectivity index (χ4n) is 0.723. The summed E-state index contributed by atoms with van der Waals surface area (Å²) in [6, 6.07) is 0. The molecular weight excluding hydrogens is 124 g/mol. The van der Waals surface area contributed by atoms with Crippen LogP contribution < -0.4 is 5.32 Å². The van der Waals surface area contributed by atoms with Gasteiger partial charge in [0.2, 0.25) is 0 Å². The Kier molecular flexibility index (Phi) is 6.29. The standard InChI is InChI=1S/C8H18N2/c1-4-5-6-7-10(3)8-9-2/h6-7,9H,4-5,8H2,1-3H3/b7-6-. The SMILES string of the molecule is CCC/C=C\N(C)CNC. The average molecular weight is 142 g/mol. The van der Waals surface area contributed by atoms with Gasteiger partial charge in [0, 0.05) is 7.05 Å². The minimum atomic E-state index is 0.917. The first kappa shape index (κ1) is 9.50. The lowest BCUT2D eigenvalue weighted by Gasteiger charge is -2.11. The molecule has 0 unspecified atom stereocenters. The van der Waals surface area contributed by atoms with Crippen LogP contribution in [0.3, 0.4) is 0 Å². The van der Waals surface area contributed by atoms with E-state index >= 15 is 0 Å². The van der Waals surface area contributed by atoms with Crippen LogP contribution in [0, 0.1) is 0 Å². The Morgan fingerprint density at radius 1 is 1.50 bits per heavy atom. The van der Waals surface area contributed by atoms with Gasteiger partial charge in [0.1, 0.15) is 0 Å². The Morgan fingerprint density at radius 3 is 2.70 bits per heavy atom. The molecule has 60 valence electrons. The summed E-state index contributed by atoms with van der Waals surface area (Å²) in [7, 11) is 4.01. The third kappa shape index (κ3) is 5.63. The van der Waals surface area contributed by atoms with Crippen LogP contribution in [0.15, 0.2) is 12.3 Å². The monoisotopic (exact) mass is 142 g/mol. The van der Waals surface area contributed by atoms with Gasteiger partial charge in [-0.05, 0) is 19.7 Å². The fourth-order valence-corrected chi connectivity index (χ4v) is 0.723. The zero-order chi connectivity index (χ0) is 7.82. The first-order valence-electron chi connectivity index (χ1n) is 3.82. The first-order valence-corrected chi connectivity index (χ1v) is 3.82. The number of allylic oxidation sites excluding steroid dienone is 1. The number of hydrogen-bond donors (Lipinski definition) is 1. The largest absolute Gasteiger partial charge is 0.368 e. The summed E-state index contributed by atoms with van der Waals surface area (Å²) in [5, 5.41) is 3.07. The average Bonchev–Trinajstić information content (AvgIpc) is 1.89. The van der Waals surface area contributed by atoms with E-state index in [1.54, 1.807) is 0 Å². The molecule has 0 aliphatic carbocycles. The third-order valence-corrected chi connectivity index (χ3v) is 1.22. The lowest BCUT2D eigenvalue weighted by Crippen LogP contribution is -2.23. The maximum Gasteiger partial charge on any atom is 0.0670 e. The van der Waals surface area contributed by atoms with Crippen LogP contribution in [-0.2, 0) is 0 Å². The topological polar surface area (TPSA) is 15.3 Å². The van der Waals surface area contributed by atoms with Gasteiger partial charge in [-0.15, -0.1) is 0 Å². The summed E-state index contributed by atoms with van der Waals surface area (Å²) in [5.41, 5.74) is 0. The van der Waals surface area contributed by atoms with E-state index in [1.807, 2.05) is 7.05 Å². The van der Waals surface area contributed by atoms with Crippen molar-refractivity contribution in [3.8, 4) is 0 Å². The quantitative estimate of drug-likeness (QED) is 0.584. The molecule has 0 aliphatic heterocycles. The molecule has 0 aromatic carbocycles. The molecular formula is C8H18N2. The van der Waals surface area contributed by atoms with E-state index in [0.29, 0.717) is 0 Å². The molecule has 2 heteroatoms. The second-order valence-corrected chi connectivity index (χ2v) is 2.44. The van der Waals surface area contributed by atoms with Crippen molar-refractivity contribution in [1.29, 1.82) is 0 Å². The summed E-state index contributed by atoms with van der Waals surface area (Å²) in [4.78, 5) is 2.12. The maximum atomic E-state index is 3.07. The number of unbranched alkanes of at least 4 members (excludes halogenated alkanes) is 1. The predicted molar refractivity (Wildman–Crippen MR) is 45.7 cm³/mol. The van der Waals surface area contributed by atoms with Gasteiger partial charge in [-0.2, -0.15) is 0 Å². The van der Waals surface area contributed by atoms with E-state index in [2.05, 4.69) is 36.5 Å². The van der Waals surface area contributed by atoms with Crippen LogP contribution in [0.4, 0.5) is 0 Å². The molecule has 0 heterocycles. The first-order chi connectivity index (χ1) is 4.81. The molecule has 0 bridgehead atoms. The Hall–Kier alpha value is -0.500. The number of hydrogen-bond acceptors (Lipinski definition) is 2. The van der Waals surface area contributed by atoms with Gasteiger partial charge in [0.25, 0.3) is 0 Å². The minimum Gasteiger partial charge on any atom is -0.368 e. The third-order valence-electron chi connectivity index (χ3n) is 1.22. The van der Waals surface area contributed by atoms with Crippen LogP contribution in [0.25, 0.3) is 0 Å². The highest BCUT2D eigenvalue weighted by atomic mass is 15.2. The molecule has 0 saturated heterocycles. The number of rotatable bonds is 5. The van der Waals surface area contributed by atoms with Gasteiger partial charge in [0.05, 0.1) is 6.67 Å². The Bertz CT molecular complexity index is 89.3. The van der Waals surface area contributed by atoms with E-state index < -0.39 is 0 Å². The van der Waals surface area contributed by atoms with Crippen molar-refractivity contribution in [1.82, 2.24) is 10.2 Å². The highest BCUT2D eigenvalue weighted by molar-refractivity contribution is 4.79. The molecule has 0 aliphatic rings. The van der Waals surface area contributed by atoms with E-state index in [1.165, 1.54) is 12.8 Å². The molecule has 0 saturated carbocycles. The van der Waals surface area contributed by atoms with Crippen LogP contribution in [0.2, 0.25) is 0 Å². The Labute approximate surface area is 63.9 Å². The normalized spacial score (nSPS) is 10.7. The van der Waals surface area contributed by atoms with Crippen LogP contribution in [0.1, 0.15) is 19.8 Å². The van der Waals surface area contributed by atoms with E-state index in [9.17, 15) is 0 Å². The second kappa shape index (κ2) is 6.62. The van der Waals surface area contributed by atoms with Crippen molar-refractivity contribution in [3.05, 3.63) is 12.3 Å².